The van der Waals surface area contributed by atoms with Gasteiger partial charge in [-0.25, -0.2) is 15.0 Å². The lowest BCUT2D eigenvalue weighted by Gasteiger charge is -2.22. The first-order valence-corrected chi connectivity index (χ1v) is 15.9. The summed E-state index contributed by atoms with van der Waals surface area (Å²) in [5.41, 5.74) is 10.2. The Labute approximate surface area is 275 Å². The van der Waals surface area contributed by atoms with Crippen molar-refractivity contribution in [1.29, 1.82) is 0 Å². The molecule has 0 amide bonds. The second-order valence-electron chi connectivity index (χ2n) is 12.0. The summed E-state index contributed by atoms with van der Waals surface area (Å²) in [5, 5.41) is 8.60. The van der Waals surface area contributed by atoms with E-state index in [0.717, 1.165) is 82.8 Å². The zero-order chi connectivity index (χ0) is 31.6. The smallest absolute Gasteiger partial charge is 0.164 e. The number of rotatable bonds is 4. The van der Waals surface area contributed by atoms with Crippen molar-refractivity contribution in [2.24, 2.45) is 0 Å². The van der Waals surface area contributed by atoms with E-state index in [-0.39, 0.29) is 0 Å². The van der Waals surface area contributed by atoms with Gasteiger partial charge in [-0.1, -0.05) is 103 Å². The maximum atomic E-state index is 6.87. The molecule has 0 fully saturated rings. The third kappa shape index (κ3) is 4.16. The molecule has 6 nitrogen and oxygen atoms in total. The highest BCUT2D eigenvalue weighted by atomic mass is 16.3. The van der Waals surface area contributed by atoms with Gasteiger partial charge in [0.2, 0.25) is 0 Å². The first kappa shape index (κ1) is 26.7. The van der Waals surface area contributed by atoms with Crippen LogP contribution in [0.4, 0.5) is 0 Å². The zero-order valence-corrected chi connectivity index (χ0v) is 25.6. The molecule has 0 saturated carbocycles. The van der Waals surface area contributed by atoms with Crippen molar-refractivity contribution in [3.63, 3.8) is 0 Å². The molecule has 1 aliphatic rings. The molecule has 0 bridgehead atoms. The summed E-state index contributed by atoms with van der Waals surface area (Å²) in [6.45, 7) is 0.617. The largest absolute Gasteiger partial charge is 0.687 e. The SMILES string of the molecule is C1=Cc2cc3oc4c(-c5cccc6oc7ccccc7c56)ccc(-c5nc(-c6ccccc6)nc(-c6ccccc6)n5)c4c3cc2C[N-]1. The Balaban J connectivity index is 1.30. The fraction of sp³-hybridized carbons (Fsp3) is 0.0238. The van der Waals surface area contributed by atoms with Gasteiger partial charge in [0.05, 0.1) is 0 Å². The van der Waals surface area contributed by atoms with Crippen LogP contribution in [0.25, 0.3) is 101 Å². The molecule has 9 aromatic rings. The summed E-state index contributed by atoms with van der Waals surface area (Å²) in [7, 11) is 0. The number of fused-ring (bicyclic) bond motifs is 7. The molecule has 3 aromatic heterocycles. The second-order valence-corrected chi connectivity index (χ2v) is 12.0. The highest BCUT2D eigenvalue weighted by molar-refractivity contribution is 6.20. The molecule has 0 saturated heterocycles. The Kier molecular flexibility index (Phi) is 5.84. The number of hydrogen-bond acceptors (Lipinski definition) is 5. The number of nitrogens with zero attached hydrogens (tertiary/aromatic N) is 4. The predicted octanol–water partition coefficient (Wildman–Crippen LogP) is 11.2. The molecular formula is C42H25N4O2-. The normalized spacial score (nSPS) is 12.6. The van der Waals surface area contributed by atoms with E-state index in [4.69, 9.17) is 23.8 Å². The maximum Gasteiger partial charge on any atom is 0.164 e. The van der Waals surface area contributed by atoms with E-state index in [0.29, 0.717) is 24.0 Å². The number of aromatic nitrogens is 3. The van der Waals surface area contributed by atoms with Crippen molar-refractivity contribution in [2.45, 2.75) is 6.54 Å². The Bertz CT molecular complexity index is 2670. The second kappa shape index (κ2) is 10.5. The van der Waals surface area contributed by atoms with Gasteiger partial charge in [-0.2, -0.15) is 6.20 Å². The van der Waals surface area contributed by atoms with E-state index in [1.54, 1.807) is 0 Å². The first-order chi connectivity index (χ1) is 23.8. The lowest BCUT2D eigenvalue weighted by molar-refractivity contribution is 0.668. The van der Waals surface area contributed by atoms with E-state index in [9.17, 15) is 0 Å². The van der Waals surface area contributed by atoms with Crippen molar-refractivity contribution in [3.05, 3.63) is 150 Å². The predicted molar refractivity (Wildman–Crippen MR) is 192 cm³/mol. The topological polar surface area (TPSA) is 79.1 Å². The number of hydrogen-bond donors (Lipinski definition) is 0. The van der Waals surface area contributed by atoms with Crippen molar-refractivity contribution < 1.29 is 8.83 Å². The van der Waals surface area contributed by atoms with Gasteiger partial charge >= 0.3 is 0 Å². The molecule has 0 radical (unpaired) electrons. The molecule has 6 aromatic carbocycles. The molecule has 0 aliphatic carbocycles. The van der Waals surface area contributed by atoms with Gasteiger partial charge in [-0.05, 0) is 47.5 Å². The van der Waals surface area contributed by atoms with Crippen molar-refractivity contribution >= 4 is 50.0 Å². The van der Waals surface area contributed by atoms with E-state index in [1.807, 2.05) is 103 Å². The first-order valence-electron chi connectivity index (χ1n) is 15.9. The summed E-state index contributed by atoms with van der Waals surface area (Å²) in [5.74, 6) is 1.80. The number of benzene rings is 6. The summed E-state index contributed by atoms with van der Waals surface area (Å²) in [6.07, 6.45) is 3.90. The van der Waals surface area contributed by atoms with Crippen LogP contribution in [0.2, 0.25) is 0 Å². The molecule has 10 rings (SSSR count). The molecular weight excluding hydrogens is 592 g/mol. The highest BCUT2D eigenvalue weighted by Gasteiger charge is 2.23. The monoisotopic (exact) mass is 617 g/mol. The third-order valence-electron chi connectivity index (χ3n) is 9.13. The van der Waals surface area contributed by atoms with E-state index in [2.05, 4.69) is 41.7 Å². The van der Waals surface area contributed by atoms with E-state index in [1.165, 1.54) is 0 Å². The number of furan rings is 2. The lowest BCUT2D eigenvalue weighted by atomic mass is 9.94. The van der Waals surface area contributed by atoms with Gasteiger partial charge in [-0.3, -0.25) is 0 Å². The molecule has 1 aliphatic heterocycles. The number of para-hydroxylation sites is 1. The Hall–Kier alpha value is -6.53. The summed E-state index contributed by atoms with van der Waals surface area (Å²) in [4.78, 5) is 15.1. The van der Waals surface area contributed by atoms with Crippen molar-refractivity contribution in [1.82, 2.24) is 15.0 Å². The van der Waals surface area contributed by atoms with Crippen LogP contribution in [0.5, 0.6) is 0 Å². The summed E-state index contributed by atoms with van der Waals surface area (Å²) >= 11 is 0. The van der Waals surface area contributed by atoms with Crippen molar-refractivity contribution in [3.8, 4) is 45.3 Å². The minimum Gasteiger partial charge on any atom is -0.687 e. The van der Waals surface area contributed by atoms with Crippen LogP contribution in [0.1, 0.15) is 11.1 Å². The van der Waals surface area contributed by atoms with Crippen LogP contribution >= 0.6 is 0 Å². The van der Waals surface area contributed by atoms with Gasteiger partial charge in [0.1, 0.15) is 22.3 Å². The van der Waals surface area contributed by atoms with Crippen LogP contribution in [0.15, 0.2) is 142 Å². The van der Waals surface area contributed by atoms with Gasteiger partial charge < -0.3 is 14.2 Å². The zero-order valence-electron chi connectivity index (χ0n) is 25.6. The molecule has 0 unspecified atom stereocenters. The molecule has 0 atom stereocenters. The molecule has 0 spiro atoms. The average molecular weight is 618 g/mol. The van der Waals surface area contributed by atoms with Gasteiger partial charge in [0.15, 0.2) is 17.5 Å². The van der Waals surface area contributed by atoms with Gasteiger partial charge in [0, 0.05) is 43.8 Å². The quantitative estimate of drug-likeness (QED) is 0.196. The van der Waals surface area contributed by atoms with E-state index < -0.39 is 0 Å². The Morgan fingerprint density at radius 2 is 1.19 bits per heavy atom. The third-order valence-corrected chi connectivity index (χ3v) is 9.13. The fourth-order valence-corrected chi connectivity index (χ4v) is 6.89. The van der Waals surface area contributed by atoms with Crippen molar-refractivity contribution in [2.75, 3.05) is 0 Å². The Morgan fingerprint density at radius 1 is 0.500 bits per heavy atom. The highest BCUT2D eigenvalue weighted by Crippen LogP contribution is 2.45. The minimum atomic E-state index is 0.580. The van der Waals surface area contributed by atoms with Crippen LogP contribution < -0.4 is 0 Å². The molecule has 6 heteroatoms. The minimum absolute atomic E-state index is 0.580. The molecule has 48 heavy (non-hydrogen) atoms. The standard InChI is InChI=1S/C42H25N4O2/c1-3-10-25(11-4-1)40-44-41(26-12-5-2-6-13-26)46-42(45-40)32-19-18-30(29-15-9-17-35-37(29)31-14-7-8-16-34(31)47-35)39-38(32)33-22-28-24-43-21-20-27(28)23-36(33)48-39/h1-23H,24H2/q-1. The fourth-order valence-electron chi connectivity index (χ4n) is 6.89. The van der Waals surface area contributed by atoms with Gasteiger partial charge in [-0.15, -0.1) is 6.54 Å². The van der Waals surface area contributed by atoms with Gasteiger partial charge in [0.25, 0.3) is 0 Å². The molecule has 4 heterocycles. The van der Waals surface area contributed by atoms with Crippen LogP contribution in [0.3, 0.4) is 0 Å². The molecule has 0 N–H and O–H groups in total. The summed E-state index contributed by atoms with van der Waals surface area (Å²) < 4.78 is 13.1. The van der Waals surface area contributed by atoms with Crippen LogP contribution in [-0.4, -0.2) is 15.0 Å². The molecule has 226 valence electrons. The maximum absolute atomic E-state index is 6.87. The average Bonchev–Trinajstić information content (AvgIpc) is 3.72. The van der Waals surface area contributed by atoms with Crippen LogP contribution in [0, 0.1) is 0 Å². The Morgan fingerprint density at radius 3 is 1.98 bits per heavy atom. The lowest BCUT2D eigenvalue weighted by Crippen LogP contribution is -2.00. The van der Waals surface area contributed by atoms with E-state index >= 15 is 0 Å². The van der Waals surface area contributed by atoms with Crippen LogP contribution in [-0.2, 0) is 6.54 Å². The summed E-state index contributed by atoms with van der Waals surface area (Å²) in [6, 6.07) is 43.1.